The van der Waals surface area contributed by atoms with E-state index in [9.17, 15) is 14.3 Å². The Labute approximate surface area is 199 Å². The third-order valence-corrected chi connectivity index (χ3v) is 5.62. The highest BCUT2D eigenvalue weighted by Crippen LogP contribution is 2.34. The molecule has 0 aliphatic carbocycles. The van der Waals surface area contributed by atoms with Gasteiger partial charge in [-0.15, -0.1) is 0 Å². The molecule has 0 aliphatic heterocycles. The Morgan fingerprint density at radius 1 is 1.06 bits per heavy atom. The van der Waals surface area contributed by atoms with E-state index in [-0.39, 0.29) is 5.82 Å². The third-order valence-electron chi connectivity index (χ3n) is 5.62. The van der Waals surface area contributed by atoms with Crippen molar-refractivity contribution < 1.29 is 19.0 Å². The molecule has 0 radical (unpaired) electrons. The highest BCUT2D eigenvalue weighted by molar-refractivity contribution is 5.81. The molecule has 0 spiro atoms. The lowest BCUT2D eigenvalue weighted by Gasteiger charge is -2.23. The van der Waals surface area contributed by atoms with Crippen molar-refractivity contribution in [3.8, 4) is 11.8 Å². The molecule has 3 aromatic carbocycles. The molecule has 0 saturated heterocycles. The van der Waals surface area contributed by atoms with Gasteiger partial charge in [0.1, 0.15) is 11.6 Å². The van der Waals surface area contributed by atoms with Crippen LogP contribution >= 0.6 is 0 Å². The fourth-order valence-electron chi connectivity index (χ4n) is 3.83. The van der Waals surface area contributed by atoms with Crippen LogP contribution in [0, 0.1) is 17.1 Å². The molecule has 5 nitrogen and oxygen atoms in total. The maximum absolute atomic E-state index is 13.2. The molecule has 0 saturated carbocycles. The average molecular weight is 461 g/mol. The van der Waals surface area contributed by atoms with E-state index in [0.29, 0.717) is 35.6 Å². The molecular formula is C28H29FN2O3. The van der Waals surface area contributed by atoms with Crippen LogP contribution in [0.3, 0.4) is 0 Å². The van der Waals surface area contributed by atoms with Gasteiger partial charge in [-0.3, -0.25) is 0 Å². The van der Waals surface area contributed by atoms with Crippen LogP contribution in [-0.4, -0.2) is 17.7 Å². The first-order valence-corrected chi connectivity index (χ1v) is 11.5. The van der Waals surface area contributed by atoms with Gasteiger partial charge in [-0.25, -0.2) is 9.18 Å². The molecule has 6 heteroatoms. The summed E-state index contributed by atoms with van der Waals surface area (Å²) in [7, 11) is 0. The standard InChI is InChI=1S/C28H29FN2O3/c1-3-5-22-16-19(4-2)17-25(27(22)34-15-14-20-6-10-23(29)11-7-20)26(28(32)33)31-24-12-8-21(18-30)9-13-24/h6-13,16-17,26,31H,3-5,14-15H2,1-2H3,(H,32,33)/t26-/m1/s1. The van der Waals surface area contributed by atoms with E-state index in [1.165, 1.54) is 12.1 Å². The fraction of sp³-hybridized carbons (Fsp3) is 0.286. The van der Waals surface area contributed by atoms with Gasteiger partial charge in [-0.05, 0) is 72.0 Å². The minimum atomic E-state index is -1.03. The lowest BCUT2D eigenvalue weighted by atomic mass is 9.95. The van der Waals surface area contributed by atoms with Crippen molar-refractivity contribution in [1.82, 2.24) is 0 Å². The van der Waals surface area contributed by atoms with Crippen molar-refractivity contribution in [2.75, 3.05) is 11.9 Å². The van der Waals surface area contributed by atoms with Crippen LogP contribution in [0.15, 0.2) is 60.7 Å². The number of ether oxygens (including phenoxy) is 1. The van der Waals surface area contributed by atoms with Gasteiger partial charge in [-0.2, -0.15) is 5.26 Å². The Hall–Kier alpha value is -3.85. The van der Waals surface area contributed by atoms with E-state index < -0.39 is 12.0 Å². The minimum Gasteiger partial charge on any atom is -0.493 e. The zero-order chi connectivity index (χ0) is 24.5. The SMILES string of the molecule is CCCc1cc(CC)cc([C@@H](Nc2ccc(C#N)cc2)C(=O)O)c1OCCc1ccc(F)cc1. The number of benzene rings is 3. The number of rotatable bonds is 11. The van der Waals surface area contributed by atoms with Gasteiger partial charge in [0.15, 0.2) is 6.04 Å². The van der Waals surface area contributed by atoms with E-state index in [2.05, 4.69) is 24.4 Å². The third kappa shape index (κ3) is 6.35. The number of anilines is 1. The molecule has 0 aromatic heterocycles. The highest BCUT2D eigenvalue weighted by Gasteiger charge is 2.26. The number of carboxylic acid groups (broad SMARTS) is 1. The Morgan fingerprint density at radius 3 is 2.35 bits per heavy atom. The normalized spacial score (nSPS) is 11.5. The first-order chi connectivity index (χ1) is 16.4. The molecule has 34 heavy (non-hydrogen) atoms. The second kappa shape index (κ2) is 11.9. The van der Waals surface area contributed by atoms with E-state index in [4.69, 9.17) is 10.00 Å². The van der Waals surface area contributed by atoms with Crippen LogP contribution in [0.2, 0.25) is 0 Å². The Morgan fingerprint density at radius 2 is 1.76 bits per heavy atom. The lowest BCUT2D eigenvalue weighted by Crippen LogP contribution is -2.22. The number of carboxylic acids is 1. The van der Waals surface area contributed by atoms with Crippen molar-refractivity contribution in [2.24, 2.45) is 0 Å². The molecule has 3 aromatic rings. The summed E-state index contributed by atoms with van der Waals surface area (Å²) in [5.41, 5.74) is 4.62. The molecule has 0 unspecified atom stereocenters. The summed E-state index contributed by atoms with van der Waals surface area (Å²) in [5.74, 6) is -0.733. The van der Waals surface area contributed by atoms with Crippen LogP contribution in [-0.2, 0) is 24.1 Å². The summed E-state index contributed by atoms with van der Waals surface area (Å²) >= 11 is 0. The van der Waals surface area contributed by atoms with Crippen molar-refractivity contribution in [3.63, 3.8) is 0 Å². The Kier molecular flexibility index (Phi) is 8.64. The first kappa shape index (κ1) is 24.8. The number of nitrogens with zero attached hydrogens (tertiary/aromatic N) is 1. The zero-order valence-electron chi connectivity index (χ0n) is 19.5. The van der Waals surface area contributed by atoms with Gasteiger partial charge in [0.25, 0.3) is 0 Å². The molecule has 3 rings (SSSR count). The average Bonchev–Trinajstić information content (AvgIpc) is 2.84. The van der Waals surface area contributed by atoms with Crippen molar-refractivity contribution in [1.29, 1.82) is 5.26 Å². The van der Waals surface area contributed by atoms with Gasteiger partial charge in [-0.1, -0.05) is 38.5 Å². The maximum Gasteiger partial charge on any atom is 0.330 e. The summed E-state index contributed by atoms with van der Waals surface area (Å²) in [5, 5.41) is 22.2. The number of aliphatic carboxylic acids is 1. The number of hydrogen-bond donors (Lipinski definition) is 2. The van der Waals surface area contributed by atoms with Crippen molar-refractivity contribution in [3.05, 3.63) is 94.3 Å². The highest BCUT2D eigenvalue weighted by atomic mass is 19.1. The second-order valence-corrected chi connectivity index (χ2v) is 8.11. The zero-order valence-corrected chi connectivity index (χ0v) is 19.5. The molecule has 0 amide bonds. The Balaban J connectivity index is 1.95. The maximum atomic E-state index is 13.2. The van der Waals surface area contributed by atoms with E-state index >= 15 is 0 Å². The predicted molar refractivity (Wildman–Crippen MR) is 131 cm³/mol. The minimum absolute atomic E-state index is 0.287. The largest absolute Gasteiger partial charge is 0.493 e. The van der Waals surface area contributed by atoms with E-state index in [0.717, 1.165) is 36.0 Å². The quantitative estimate of drug-likeness (QED) is 0.363. The van der Waals surface area contributed by atoms with Gasteiger partial charge in [0.2, 0.25) is 0 Å². The van der Waals surface area contributed by atoms with Gasteiger partial charge < -0.3 is 15.2 Å². The summed E-state index contributed by atoms with van der Waals surface area (Å²) in [4.78, 5) is 12.4. The Bertz CT molecular complexity index is 1150. The number of hydrogen-bond acceptors (Lipinski definition) is 4. The number of aryl methyl sites for hydroxylation is 2. The number of nitrogens with one attached hydrogen (secondary N) is 1. The monoisotopic (exact) mass is 460 g/mol. The lowest BCUT2D eigenvalue weighted by molar-refractivity contribution is -0.138. The second-order valence-electron chi connectivity index (χ2n) is 8.11. The molecule has 176 valence electrons. The van der Waals surface area contributed by atoms with Gasteiger partial charge in [0, 0.05) is 17.7 Å². The van der Waals surface area contributed by atoms with Crippen molar-refractivity contribution in [2.45, 2.75) is 45.6 Å². The summed E-state index contributed by atoms with van der Waals surface area (Å²) < 4.78 is 19.4. The van der Waals surface area contributed by atoms with Gasteiger partial charge in [0.05, 0.1) is 18.2 Å². The van der Waals surface area contributed by atoms with Crippen LogP contribution in [0.1, 0.15) is 54.1 Å². The summed E-state index contributed by atoms with van der Waals surface area (Å²) in [6.45, 7) is 4.45. The number of carbonyl (C=O) groups is 1. The topological polar surface area (TPSA) is 82.4 Å². The smallest absolute Gasteiger partial charge is 0.330 e. The van der Waals surface area contributed by atoms with E-state index in [1.54, 1.807) is 36.4 Å². The molecule has 1 atom stereocenters. The van der Waals surface area contributed by atoms with Crippen LogP contribution in [0.4, 0.5) is 10.1 Å². The number of halogens is 1. The van der Waals surface area contributed by atoms with E-state index in [1.807, 2.05) is 13.0 Å². The van der Waals surface area contributed by atoms with Crippen LogP contribution in [0.5, 0.6) is 5.75 Å². The number of nitriles is 1. The predicted octanol–water partition coefficient (Wildman–Crippen LogP) is 6.07. The molecule has 0 aliphatic rings. The molecular weight excluding hydrogens is 431 g/mol. The molecule has 0 heterocycles. The van der Waals surface area contributed by atoms with Crippen LogP contribution < -0.4 is 10.1 Å². The molecule has 0 fully saturated rings. The first-order valence-electron chi connectivity index (χ1n) is 11.5. The van der Waals surface area contributed by atoms with Crippen molar-refractivity contribution >= 4 is 11.7 Å². The fourth-order valence-corrected chi connectivity index (χ4v) is 3.83. The molecule has 2 N–H and O–H groups in total. The summed E-state index contributed by atoms with van der Waals surface area (Å²) in [6.07, 6.45) is 2.99. The summed E-state index contributed by atoms with van der Waals surface area (Å²) in [6, 6.07) is 18.0. The van der Waals surface area contributed by atoms with Crippen LogP contribution in [0.25, 0.3) is 0 Å². The molecule has 0 bridgehead atoms. The van der Waals surface area contributed by atoms with Gasteiger partial charge >= 0.3 is 5.97 Å².